The summed E-state index contributed by atoms with van der Waals surface area (Å²) < 4.78 is 6.08. The summed E-state index contributed by atoms with van der Waals surface area (Å²) in [6.45, 7) is 11.5. The third-order valence-corrected chi connectivity index (χ3v) is 8.05. The summed E-state index contributed by atoms with van der Waals surface area (Å²) in [7, 11) is -1.78. The summed E-state index contributed by atoms with van der Waals surface area (Å²) in [4.78, 5) is 3.91. The smallest absolute Gasteiger partial charge is 0.192 e. The number of hydrogen-bond acceptors (Lipinski definition) is 3. The summed E-state index contributed by atoms with van der Waals surface area (Å²) in [5.74, 6) is 0. The number of pyridine rings is 1. The van der Waals surface area contributed by atoms with Gasteiger partial charge in [-0.05, 0) is 35.8 Å². The van der Waals surface area contributed by atoms with Gasteiger partial charge in [0.1, 0.15) is 16.9 Å². The molecule has 0 atom stereocenters. The third-order valence-electron chi connectivity index (χ3n) is 3.37. The number of halogens is 1. The molecule has 0 amide bonds. The molecule has 18 heavy (non-hydrogen) atoms. The molecule has 5 heteroatoms. The van der Waals surface area contributed by atoms with Crippen LogP contribution in [0.25, 0.3) is 0 Å². The Kier molecular flexibility index (Phi) is 4.54. The van der Waals surface area contributed by atoms with Crippen LogP contribution in [0, 0.1) is 11.3 Å². The fraction of sp³-hybridized carbons (Fsp3) is 0.538. The lowest BCUT2D eigenvalue weighted by molar-refractivity contribution is 0.276. The lowest BCUT2D eigenvalue weighted by Gasteiger charge is -2.36. The van der Waals surface area contributed by atoms with Crippen LogP contribution in [0.5, 0.6) is 0 Å². The van der Waals surface area contributed by atoms with E-state index in [0.29, 0.717) is 17.5 Å². The van der Waals surface area contributed by atoms with Crippen molar-refractivity contribution in [3.63, 3.8) is 0 Å². The van der Waals surface area contributed by atoms with E-state index in [1.165, 1.54) is 0 Å². The van der Waals surface area contributed by atoms with Gasteiger partial charge >= 0.3 is 0 Å². The van der Waals surface area contributed by atoms with Crippen LogP contribution in [-0.2, 0) is 11.0 Å². The Labute approximate surface area is 115 Å². The van der Waals surface area contributed by atoms with Gasteiger partial charge in [-0.25, -0.2) is 4.98 Å². The van der Waals surface area contributed by atoms with E-state index < -0.39 is 8.32 Å². The first-order valence-corrected chi connectivity index (χ1v) is 9.15. The van der Waals surface area contributed by atoms with Gasteiger partial charge in [0.25, 0.3) is 0 Å². The van der Waals surface area contributed by atoms with E-state index in [1.807, 2.05) is 6.07 Å². The molecule has 0 N–H and O–H groups in total. The summed E-state index contributed by atoms with van der Waals surface area (Å²) >= 11 is 5.86. The number of nitrogens with zero attached hydrogens (tertiary/aromatic N) is 2. The van der Waals surface area contributed by atoms with E-state index in [2.05, 4.69) is 38.8 Å². The van der Waals surface area contributed by atoms with Crippen molar-refractivity contribution < 1.29 is 4.43 Å². The van der Waals surface area contributed by atoms with Gasteiger partial charge in [0.15, 0.2) is 8.32 Å². The molecular weight excluding hydrogens is 264 g/mol. The molecule has 1 heterocycles. The molecular formula is C13H19ClN2OSi. The van der Waals surface area contributed by atoms with Crippen molar-refractivity contribution in [2.45, 2.75) is 45.5 Å². The van der Waals surface area contributed by atoms with Crippen molar-refractivity contribution in [2.75, 3.05) is 0 Å². The van der Waals surface area contributed by atoms with E-state index in [-0.39, 0.29) is 5.04 Å². The second-order valence-corrected chi connectivity index (χ2v) is 11.0. The average molecular weight is 283 g/mol. The molecule has 0 fully saturated rings. The first kappa shape index (κ1) is 15.2. The van der Waals surface area contributed by atoms with Crippen LogP contribution >= 0.6 is 11.6 Å². The summed E-state index contributed by atoms with van der Waals surface area (Å²) in [5, 5.41) is 9.35. The van der Waals surface area contributed by atoms with Gasteiger partial charge in [-0.15, -0.1) is 0 Å². The van der Waals surface area contributed by atoms with Crippen molar-refractivity contribution >= 4 is 19.9 Å². The zero-order chi connectivity index (χ0) is 14.0. The van der Waals surface area contributed by atoms with Gasteiger partial charge in [0.2, 0.25) is 0 Å². The fourth-order valence-electron chi connectivity index (χ4n) is 1.17. The maximum atomic E-state index is 8.84. The zero-order valence-corrected chi connectivity index (χ0v) is 13.3. The van der Waals surface area contributed by atoms with Gasteiger partial charge in [-0.3, -0.25) is 0 Å². The highest BCUT2D eigenvalue weighted by Crippen LogP contribution is 2.37. The van der Waals surface area contributed by atoms with Crippen molar-refractivity contribution in [3.05, 3.63) is 28.5 Å². The van der Waals surface area contributed by atoms with E-state index in [4.69, 9.17) is 21.3 Å². The molecule has 0 saturated heterocycles. The van der Waals surface area contributed by atoms with Crippen LogP contribution in [-0.4, -0.2) is 13.3 Å². The maximum Gasteiger partial charge on any atom is 0.192 e. The summed E-state index contributed by atoms with van der Waals surface area (Å²) in [5.41, 5.74) is 1.23. The molecule has 0 radical (unpaired) electrons. The van der Waals surface area contributed by atoms with E-state index in [1.54, 1.807) is 12.1 Å². The molecule has 0 aliphatic heterocycles. The number of aromatic nitrogens is 1. The largest absolute Gasteiger partial charge is 0.413 e. The summed E-state index contributed by atoms with van der Waals surface area (Å²) in [6, 6.07) is 5.46. The minimum Gasteiger partial charge on any atom is -0.413 e. The first-order chi connectivity index (χ1) is 8.15. The Morgan fingerprint density at radius 1 is 1.39 bits per heavy atom. The molecule has 0 aliphatic rings. The minimum absolute atomic E-state index is 0.169. The lowest BCUT2D eigenvalue weighted by atomic mass is 10.2. The molecule has 0 saturated carbocycles. The normalized spacial score (nSPS) is 12.3. The van der Waals surface area contributed by atoms with Gasteiger partial charge in [0, 0.05) is 0 Å². The van der Waals surface area contributed by atoms with Gasteiger partial charge < -0.3 is 4.43 Å². The van der Waals surface area contributed by atoms with Crippen LogP contribution in [0.1, 0.15) is 32.0 Å². The predicted molar refractivity (Wildman–Crippen MR) is 75.9 cm³/mol. The second kappa shape index (κ2) is 5.39. The highest BCUT2D eigenvalue weighted by molar-refractivity contribution is 6.74. The van der Waals surface area contributed by atoms with Crippen LogP contribution in [0.2, 0.25) is 23.3 Å². The predicted octanol–water partition coefficient (Wildman–Crippen LogP) is 4.13. The minimum atomic E-state index is -1.78. The fourth-order valence-corrected chi connectivity index (χ4v) is 2.36. The number of rotatable bonds is 3. The molecule has 0 spiro atoms. The Balaban J connectivity index is 2.82. The molecule has 0 bridgehead atoms. The Bertz CT molecular complexity index is 475. The second-order valence-electron chi connectivity index (χ2n) is 5.84. The Hall–Kier alpha value is -0.893. The number of nitriles is 1. The molecule has 1 aromatic rings. The van der Waals surface area contributed by atoms with Crippen molar-refractivity contribution in [2.24, 2.45) is 0 Å². The zero-order valence-electron chi connectivity index (χ0n) is 11.5. The Morgan fingerprint density at radius 3 is 2.50 bits per heavy atom. The van der Waals surface area contributed by atoms with Crippen molar-refractivity contribution in [1.29, 1.82) is 5.26 Å². The monoisotopic (exact) mass is 282 g/mol. The topological polar surface area (TPSA) is 45.9 Å². The molecule has 1 rings (SSSR count). The maximum absolute atomic E-state index is 8.84. The van der Waals surface area contributed by atoms with Gasteiger partial charge in [-0.2, -0.15) is 5.26 Å². The molecule has 0 aromatic carbocycles. The van der Waals surface area contributed by atoms with Crippen LogP contribution in [0.15, 0.2) is 12.1 Å². The molecule has 3 nitrogen and oxygen atoms in total. The molecule has 0 unspecified atom stereocenters. The molecule has 98 valence electrons. The number of hydrogen-bond donors (Lipinski definition) is 0. The summed E-state index contributed by atoms with van der Waals surface area (Å²) in [6.07, 6.45) is 0. The van der Waals surface area contributed by atoms with Crippen LogP contribution in [0.4, 0.5) is 0 Å². The van der Waals surface area contributed by atoms with Crippen LogP contribution < -0.4 is 0 Å². The SMILES string of the molecule is CC(C)(C)[Si](C)(C)OCc1cc(Cl)nc(C#N)c1. The third kappa shape index (κ3) is 3.81. The van der Waals surface area contributed by atoms with E-state index in [9.17, 15) is 0 Å². The molecule has 1 aromatic heterocycles. The van der Waals surface area contributed by atoms with Crippen molar-refractivity contribution in [3.8, 4) is 6.07 Å². The average Bonchev–Trinajstić information content (AvgIpc) is 2.24. The van der Waals surface area contributed by atoms with Gasteiger partial charge in [-0.1, -0.05) is 32.4 Å². The lowest BCUT2D eigenvalue weighted by Crippen LogP contribution is -2.40. The first-order valence-electron chi connectivity index (χ1n) is 5.86. The van der Waals surface area contributed by atoms with Crippen LogP contribution in [0.3, 0.4) is 0 Å². The highest BCUT2D eigenvalue weighted by Gasteiger charge is 2.37. The van der Waals surface area contributed by atoms with E-state index in [0.717, 1.165) is 5.56 Å². The van der Waals surface area contributed by atoms with Crippen molar-refractivity contribution in [1.82, 2.24) is 4.98 Å². The quantitative estimate of drug-likeness (QED) is 0.618. The Morgan fingerprint density at radius 2 is 2.00 bits per heavy atom. The highest BCUT2D eigenvalue weighted by atomic mass is 35.5. The van der Waals surface area contributed by atoms with E-state index >= 15 is 0 Å². The standard InChI is InChI=1S/C13H19ClN2OSi/c1-13(2,3)18(4,5)17-9-10-6-11(8-15)16-12(14)7-10/h6-7H,9H2,1-5H3. The molecule has 0 aliphatic carbocycles. The van der Waals surface area contributed by atoms with Gasteiger partial charge in [0.05, 0.1) is 6.61 Å².